The van der Waals surface area contributed by atoms with Crippen molar-refractivity contribution < 1.29 is 23.3 Å². The van der Waals surface area contributed by atoms with Crippen molar-refractivity contribution in [2.75, 3.05) is 13.3 Å². The Balaban J connectivity index is 2.58. The number of hydrazone groups is 1. The summed E-state index contributed by atoms with van der Waals surface area (Å²) < 4.78 is 39.1. The second-order valence-electron chi connectivity index (χ2n) is 4.74. The van der Waals surface area contributed by atoms with Crippen molar-refractivity contribution in [3.63, 3.8) is 0 Å². The third-order valence-corrected chi connectivity index (χ3v) is 4.19. The van der Waals surface area contributed by atoms with Crippen molar-refractivity contribution in [1.29, 1.82) is 0 Å². The minimum atomic E-state index is -1.83. The Bertz CT molecular complexity index is 615. The molecule has 1 aromatic carbocycles. The van der Waals surface area contributed by atoms with Crippen LogP contribution in [-0.2, 0) is 16.0 Å². The summed E-state index contributed by atoms with van der Waals surface area (Å²) in [6.07, 6.45) is 1.16. The lowest BCUT2D eigenvalue weighted by Gasteiger charge is -2.22. The van der Waals surface area contributed by atoms with E-state index >= 15 is 0 Å². The standard InChI is InChI=1S/C12H13F2N3O3S/c1-12(16-19)10(15-17(2)11(12)18)6-4-7(13)9(21(3)20)8(14)5-6/h4-5,16,19H,1-3H3. The number of hydrogen-bond donors (Lipinski definition) is 2. The SMILES string of the molecule is CN1N=C(c2cc(F)c([S+](C)[O-])c(F)c2)C(C)(NO)C1=O. The number of amides is 1. The molecule has 1 amide bonds. The summed E-state index contributed by atoms with van der Waals surface area (Å²) in [5, 5.41) is 14.1. The van der Waals surface area contributed by atoms with Crippen LogP contribution < -0.4 is 5.48 Å². The molecule has 2 unspecified atom stereocenters. The topological polar surface area (TPSA) is 88.0 Å². The van der Waals surface area contributed by atoms with E-state index in [1.54, 1.807) is 0 Å². The van der Waals surface area contributed by atoms with Gasteiger partial charge < -0.3 is 9.76 Å². The normalized spacial score (nSPS) is 23.5. The van der Waals surface area contributed by atoms with Gasteiger partial charge >= 0.3 is 0 Å². The van der Waals surface area contributed by atoms with E-state index in [1.165, 1.54) is 14.0 Å². The van der Waals surface area contributed by atoms with Crippen LogP contribution >= 0.6 is 0 Å². The molecule has 1 aliphatic rings. The van der Waals surface area contributed by atoms with Crippen LogP contribution in [0.4, 0.5) is 8.78 Å². The molecule has 1 aliphatic heterocycles. The molecule has 1 aromatic rings. The van der Waals surface area contributed by atoms with Gasteiger partial charge in [-0.05, 0) is 30.2 Å². The van der Waals surface area contributed by atoms with E-state index in [-0.39, 0.29) is 11.3 Å². The molecule has 21 heavy (non-hydrogen) atoms. The Kier molecular flexibility index (Phi) is 4.02. The zero-order valence-electron chi connectivity index (χ0n) is 11.5. The summed E-state index contributed by atoms with van der Waals surface area (Å²) in [5.74, 6) is -2.59. The van der Waals surface area contributed by atoms with Crippen molar-refractivity contribution >= 4 is 22.8 Å². The Hall–Kier alpha value is -1.55. The molecule has 2 atom stereocenters. The van der Waals surface area contributed by atoms with Gasteiger partial charge in [-0.3, -0.25) is 4.79 Å². The van der Waals surface area contributed by atoms with E-state index in [1.807, 2.05) is 5.48 Å². The first kappa shape index (κ1) is 15.8. The second kappa shape index (κ2) is 5.34. The van der Waals surface area contributed by atoms with Gasteiger partial charge in [0.05, 0.1) is 0 Å². The van der Waals surface area contributed by atoms with Crippen LogP contribution in [0.5, 0.6) is 0 Å². The molecule has 0 saturated heterocycles. The number of rotatable bonds is 3. The molecular formula is C12H13F2N3O3S. The van der Waals surface area contributed by atoms with Crippen LogP contribution in [0.2, 0.25) is 0 Å². The highest BCUT2D eigenvalue weighted by Gasteiger charge is 2.47. The van der Waals surface area contributed by atoms with Gasteiger partial charge in [0.1, 0.15) is 12.0 Å². The van der Waals surface area contributed by atoms with E-state index in [4.69, 9.17) is 0 Å². The fraction of sp³-hybridized carbons (Fsp3) is 0.333. The van der Waals surface area contributed by atoms with E-state index in [0.29, 0.717) is 0 Å². The van der Waals surface area contributed by atoms with Crippen LogP contribution in [0, 0.1) is 11.6 Å². The van der Waals surface area contributed by atoms with Crippen LogP contribution in [-0.4, -0.2) is 45.2 Å². The summed E-state index contributed by atoms with van der Waals surface area (Å²) in [4.78, 5) is 11.4. The Morgan fingerprint density at radius 3 is 2.38 bits per heavy atom. The van der Waals surface area contributed by atoms with Gasteiger partial charge in [-0.2, -0.15) is 10.6 Å². The highest BCUT2D eigenvalue weighted by Crippen LogP contribution is 2.27. The zero-order chi connectivity index (χ0) is 15.9. The smallest absolute Gasteiger partial charge is 0.270 e. The van der Waals surface area contributed by atoms with Gasteiger partial charge in [0, 0.05) is 12.6 Å². The highest BCUT2D eigenvalue weighted by atomic mass is 32.2. The number of hydrogen-bond acceptors (Lipinski definition) is 5. The third kappa shape index (κ3) is 2.42. The van der Waals surface area contributed by atoms with Gasteiger partial charge in [-0.25, -0.2) is 13.8 Å². The molecular weight excluding hydrogens is 304 g/mol. The highest BCUT2D eigenvalue weighted by molar-refractivity contribution is 7.90. The number of benzene rings is 1. The van der Waals surface area contributed by atoms with Crippen molar-refractivity contribution in [2.45, 2.75) is 17.4 Å². The molecule has 2 rings (SSSR count). The van der Waals surface area contributed by atoms with Crippen LogP contribution in [0.1, 0.15) is 12.5 Å². The maximum Gasteiger partial charge on any atom is 0.270 e. The van der Waals surface area contributed by atoms with Crippen LogP contribution in [0.3, 0.4) is 0 Å². The number of likely N-dealkylation sites (N-methyl/N-ethyl adjacent to an activating group) is 1. The molecule has 0 aliphatic carbocycles. The minimum absolute atomic E-state index is 0.0269. The summed E-state index contributed by atoms with van der Waals surface area (Å²) in [7, 11) is 1.35. The summed E-state index contributed by atoms with van der Waals surface area (Å²) in [6, 6.07) is 1.86. The molecule has 0 saturated carbocycles. The second-order valence-corrected chi connectivity index (χ2v) is 6.05. The fourth-order valence-corrected chi connectivity index (χ4v) is 2.81. The Morgan fingerprint density at radius 1 is 1.43 bits per heavy atom. The molecule has 6 nitrogen and oxygen atoms in total. The number of hydroxylamine groups is 1. The zero-order valence-corrected chi connectivity index (χ0v) is 12.3. The first-order chi connectivity index (χ1) is 9.72. The third-order valence-electron chi connectivity index (χ3n) is 3.23. The summed E-state index contributed by atoms with van der Waals surface area (Å²) in [6.45, 7) is 1.33. The van der Waals surface area contributed by atoms with Gasteiger partial charge in [-0.15, -0.1) is 0 Å². The van der Waals surface area contributed by atoms with E-state index < -0.39 is 39.2 Å². The minimum Gasteiger partial charge on any atom is -0.611 e. The lowest BCUT2D eigenvalue weighted by atomic mass is 9.91. The molecule has 114 valence electrons. The van der Waals surface area contributed by atoms with Crippen LogP contribution in [0.15, 0.2) is 22.1 Å². The van der Waals surface area contributed by atoms with Gasteiger partial charge in [-0.1, -0.05) is 0 Å². The molecule has 1 heterocycles. The number of halogens is 2. The number of carbonyl (C=O) groups excluding carboxylic acids is 1. The number of nitrogens with one attached hydrogen (secondary N) is 1. The predicted molar refractivity (Wildman–Crippen MR) is 71.3 cm³/mol. The van der Waals surface area contributed by atoms with E-state index in [9.17, 15) is 23.3 Å². The van der Waals surface area contributed by atoms with Gasteiger partial charge in [0.2, 0.25) is 4.90 Å². The fourth-order valence-electron chi connectivity index (χ4n) is 2.14. The summed E-state index contributed by atoms with van der Waals surface area (Å²) >= 11 is -1.83. The largest absolute Gasteiger partial charge is 0.611 e. The monoisotopic (exact) mass is 317 g/mol. The van der Waals surface area contributed by atoms with Crippen LogP contribution in [0.25, 0.3) is 0 Å². The maximum absolute atomic E-state index is 13.9. The average molecular weight is 317 g/mol. The quantitative estimate of drug-likeness (QED) is 0.632. The molecule has 0 spiro atoms. The van der Waals surface area contributed by atoms with E-state index in [2.05, 4.69) is 5.10 Å². The first-order valence-corrected chi connectivity index (χ1v) is 7.39. The predicted octanol–water partition coefficient (Wildman–Crippen LogP) is 0.616. The van der Waals surface area contributed by atoms with Crippen molar-refractivity contribution in [3.8, 4) is 0 Å². The summed E-state index contributed by atoms with van der Waals surface area (Å²) in [5.41, 5.74) is 0.143. The molecule has 0 radical (unpaired) electrons. The molecule has 0 aromatic heterocycles. The average Bonchev–Trinajstić information content (AvgIpc) is 2.62. The Morgan fingerprint density at radius 2 is 1.95 bits per heavy atom. The number of nitrogens with zero attached hydrogens (tertiary/aromatic N) is 2. The van der Waals surface area contributed by atoms with Crippen molar-refractivity contribution in [3.05, 3.63) is 29.3 Å². The van der Waals surface area contributed by atoms with Gasteiger partial charge in [0.25, 0.3) is 5.91 Å². The lowest BCUT2D eigenvalue weighted by molar-refractivity contribution is -0.134. The maximum atomic E-state index is 13.9. The van der Waals surface area contributed by atoms with Gasteiger partial charge in [0.15, 0.2) is 17.2 Å². The molecule has 2 N–H and O–H groups in total. The molecule has 0 fully saturated rings. The van der Waals surface area contributed by atoms with E-state index in [0.717, 1.165) is 23.4 Å². The number of carbonyl (C=O) groups is 1. The Labute approximate surface area is 122 Å². The molecule has 0 bridgehead atoms. The first-order valence-electron chi connectivity index (χ1n) is 5.83. The van der Waals surface area contributed by atoms with Crippen molar-refractivity contribution in [2.24, 2.45) is 5.10 Å². The lowest BCUT2D eigenvalue weighted by Crippen LogP contribution is -2.53. The van der Waals surface area contributed by atoms with Crippen molar-refractivity contribution in [1.82, 2.24) is 10.5 Å². The molecule has 9 heteroatoms.